The van der Waals surface area contributed by atoms with Crippen LogP contribution in [0.25, 0.3) is 0 Å². The van der Waals surface area contributed by atoms with Crippen LogP contribution in [0.3, 0.4) is 0 Å². The maximum absolute atomic E-state index is 11.6. The molecule has 1 atom stereocenters. The Kier molecular flexibility index (Phi) is 3.93. The maximum atomic E-state index is 11.6. The number of aliphatic hydroxyl groups excluding tert-OH is 1. The number of hydrogen-bond donors (Lipinski definition) is 2. The zero-order valence-corrected chi connectivity index (χ0v) is 9.56. The Hall–Kier alpha value is -1.62. The van der Waals surface area contributed by atoms with Crippen molar-refractivity contribution in [3.05, 3.63) is 24.0 Å². The summed E-state index contributed by atoms with van der Waals surface area (Å²) in [5, 5.41) is 11.7. The fourth-order valence-electron chi connectivity index (χ4n) is 1.76. The molecule has 2 heterocycles. The number of pyridine rings is 1. The summed E-state index contributed by atoms with van der Waals surface area (Å²) < 4.78 is 5.59. The van der Waals surface area contributed by atoms with Crippen LogP contribution in [0.5, 0.6) is 5.75 Å². The molecular formula is C12H16N2O3. The van der Waals surface area contributed by atoms with E-state index in [1.54, 1.807) is 12.1 Å². The van der Waals surface area contributed by atoms with Crippen LogP contribution < -0.4 is 10.1 Å². The van der Waals surface area contributed by atoms with Crippen molar-refractivity contribution >= 4 is 5.91 Å². The lowest BCUT2D eigenvalue weighted by Gasteiger charge is -2.15. The second kappa shape index (κ2) is 5.63. The maximum Gasteiger partial charge on any atom is 0.261 e. The molecule has 0 bridgehead atoms. The van der Waals surface area contributed by atoms with Crippen LogP contribution in [0.4, 0.5) is 0 Å². The molecule has 2 N–H and O–H groups in total. The van der Waals surface area contributed by atoms with Gasteiger partial charge in [-0.2, -0.15) is 0 Å². The zero-order chi connectivity index (χ0) is 12.1. The fraction of sp³-hybridized carbons (Fsp3) is 0.500. The summed E-state index contributed by atoms with van der Waals surface area (Å²) in [4.78, 5) is 15.6. The van der Waals surface area contributed by atoms with Gasteiger partial charge in [0.2, 0.25) is 0 Å². The third-order valence-electron chi connectivity index (χ3n) is 2.72. The van der Waals surface area contributed by atoms with Crippen molar-refractivity contribution in [3.8, 4) is 5.75 Å². The molecule has 1 aromatic rings. The summed E-state index contributed by atoms with van der Waals surface area (Å²) >= 11 is 0. The molecule has 0 saturated carbocycles. The highest BCUT2D eigenvalue weighted by atomic mass is 16.5. The predicted molar refractivity (Wildman–Crippen MR) is 61.4 cm³/mol. The van der Waals surface area contributed by atoms with E-state index in [9.17, 15) is 4.79 Å². The van der Waals surface area contributed by atoms with Crippen molar-refractivity contribution in [2.45, 2.75) is 32.0 Å². The third-order valence-corrected chi connectivity index (χ3v) is 2.72. The van der Waals surface area contributed by atoms with Crippen molar-refractivity contribution in [3.63, 3.8) is 0 Å². The molecule has 2 rings (SSSR count). The number of carbonyl (C=O) groups is 1. The molecule has 17 heavy (non-hydrogen) atoms. The van der Waals surface area contributed by atoms with E-state index in [2.05, 4.69) is 10.3 Å². The van der Waals surface area contributed by atoms with E-state index < -0.39 is 6.10 Å². The lowest BCUT2D eigenvalue weighted by atomic mass is 10.2. The lowest BCUT2D eigenvalue weighted by Crippen LogP contribution is -2.36. The zero-order valence-electron chi connectivity index (χ0n) is 9.56. The molecule has 92 valence electrons. The quantitative estimate of drug-likeness (QED) is 0.807. The minimum atomic E-state index is -0.431. The topological polar surface area (TPSA) is 71.5 Å². The Morgan fingerprint density at radius 1 is 1.47 bits per heavy atom. The van der Waals surface area contributed by atoms with Crippen LogP contribution in [0, 0.1) is 0 Å². The van der Waals surface area contributed by atoms with E-state index in [1.807, 2.05) is 0 Å². The first kappa shape index (κ1) is 11.9. The predicted octanol–water partition coefficient (Wildman–Crippen LogP) is 0.621. The van der Waals surface area contributed by atoms with Gasteiger partial charge in [0.15, 0.2) is 6.10 Å². The van der Waals surface area contributed by atoms with Gasteiger partial charge in [-0.05, 0) is 31.4 Å². The number of ether oxygens (including phenoxy) is 1. The number of aliphatic hydroxyl groups is 1. The molecule has 1 saturated heterocycles. The number of hydrogen-bond acceptors (Lipinski definition) is 4. The van der Waals surface area contributed by atoms with E-state index in [4.69, 9.17) is 9.84 Å². The molecule has 0 spiro atoms. The van der Waals surface area contributed by atoms with Gasteiger partial charge in [-0.3, -0.25) is 9.78 Å². The van der Waals surface area contributed by atoms with E-state index in [0.717, 1.165) is 25.8 Å². The molecule has 1 fully saturated rings. The van der Waals surface area contributed by atoms with Crippen LogP contribution in [-0.4, -0.2) is 28.6 Å². The summed E-state index contributed by atoms with van der Waals surface area (Å²) in [6, 6.07) is 3.40. The number of carbonyl (C=O) groups excluding carboxylic acids is 1. The first-order valence-electron chi connectivity index (χ1n) is 5.80. The molecule has 5 nitrogen and oxygen atoms in total. The van der Waals surface area contributed by atoms with Gasteiger partial charge >= 0.3 is 0 Å². The molecular weight excluding hydrogens is 220 g/mol. The smallest absolute Gasteiger partial charge is 0.261 e. The van der Waals surface area contributed by atoms with Crippen LogP contribution in [0.1, 0.15) is 25.0 Å². The average Bonchev–Trinajstić information content (AvgIpc) is 2.56. The lowest BCUT2D eigenvalue weighted by molar-refractivity contribution is -0.127. The normalized spacial score (nSPS) is 20.5. The highest BCUT2D eigenvalue weighted by molar-refractivity contribution is 5.81. The molecule has 1 unspecified atom stereocenters. The van der Waals surface area contributed by atoms with Gasteiger partial charge in [0.25, 0.3) is 5.91 Å². The SMILES string of the molecule is O=C1NCCCCC1Oc1ccc(CO)nc1. The van der Waals surface area contributed by atoms with E-state index in [1.165, 1.54) is 6.20 Å². The standard InChI is InChI=1S/C12H16N2O3/c15-8-9-4-5-10(7-14-9)17-11-3-1-2-6-13-12(11)16/h4-5,7,11,15H,1-3,6,8H2,(H,13,16). The van der Waals surface area contributed by atoms with Crippen LogP contribution >= 0.6 is 0 Å². The average molecular weight is 236 g/mol. The van der Waals surface area contributed by atoms with Crippen molar-refractivity contribution in [2.24, 2.45) is 0 Å². The Morgan fingerprint density at radius 3 is 3.06 bits per heavy atom. The number of nitrogens with zero attached hydrogens (tertiary/aromatic N) is 1. The van der Waals surface area contributed by atoms with E-state index in [-0.39, 0.29) is 12.5 Å². The Bertz CT molecular complexity index is 378. The van der Waals surface area contributed by atoms with Crippen molar-refractivity contribution in [2.75, 3.05) is 6.54 Å². The van der Waals surface area contributed by atoms with Gasteiger partial charge < -0.3 is 15.2 Å². The Balaban J connectivity index is 2.00. The summed E-state index contributed by atoms with van der Waals surface area (Å²) in [6.07, 6.45) is 3.80. The van der Waals surface area contributed by atoms with Gasteiger partial charge in [-0.25, -0.2) is 0 Å². The summed E-state index contributed by atoms with van der Waals surface area (Å²) in [5.41, 5.74) is 0.586. The first-order chi connectivity index (χ1) is 8.29. The first-order valence-corrected chi connectivity index (χ1v) is 5.80. The summed E-state index contributed by atoms with van der Waals surface area (Å²) in [7, 11) is 0. The summed E-state index contributed by atoms with van der Waals surface area (Å²) in [5.74, 6) is 0.498. The highest BCUT2D eigenvalue weighted by Gasteiger charge is 2.22. The third kappa shape index (κ3) is 3.17. The molecule has 0 aromatic carbocycles. The minimum Gasteiger partial charge on any atom is -0.479 e. The van der Waals surface area contributed by atoms with Gasteiger partial charge in [-0.15, -0.1) is 0 Å². The monoisotopic (exact) mass is 236 g/mol. The molecule has 1 aliphatic heterocycles. The number of rotatable bonds is 3. The summed E-state index contributed by atoms with van der Waals surface area (Å²) in [6.45, 7) is 0.630. The number of aromatic nitrogens is 1. The van der Waals surface area contributed by atoms with Gasteiger partial charge in [0.1, 0.15) is 5.75 Å². The molecule has 1 aromatic heterocycles. The van der Waals surface area contributed by atoms with Crippen molar-refractivity contribution < 1.29 is 14.6 Å². The van der Waals surface area contributed by atoms with Crippen LogP contribution in [0.15, 0.2) is 18.3 Å². The van der Waals surface area contributed by atoms with E-state index >= 15 is 0 Å². The molecule has 0 aliphatic carbocycles. The fourth-order valence-corrected chi connectivity index (χ4v) is 1.76. The molecule has 1 aliphatic rings. The van der Waals surface area contributed by atoms with Crippen molar-refractivity contribution in [1.82, 2.24) is 10.3 Å². The van der Waals surface area contributed by atoms with Crippen LogP contribution in [-0.2, 0) is 11.4 Å². The Morgan fingerprint density at radius 2 is 2.35 bits per heavy atom. The van der Waals surface area contributed by atoms with E-state index in [0.29, 0.717) is 11.4 Å². The second-order valence-electron chi connectivity index (χ2n) is 4.04. The number of amides is 1. The Labute approximate surface area is 99.8 Å². The second-order valence-corrected chi connectivity index (χ2v) is 4.04. The van der Waals surface area contributed by atoms with Gasteiger partial charge in [-0.1, -0.05) is 0 Å². The van der Waals surface area contributed by atoms with Crippen molar-refractivity contribution in [1.29, 1.82) is 0 Å². The van der Waals surface area contributed by atoms with Gasteiger partial charge in [0, 0.05) is 6.54 Å². The number of nitrogens with one attached hydrogen (secondary N) is 1. The highest BCUT2D eigenvalue weighted by Crippen LogP contribution is 2.15. The largest absolute Gasteiger partial charge is 0.479 e. The molecule has 5 heteroatoms. The molecule has 0 radical (unpaired) electrons. The van der Waals surface area contributed by atoms with Gasteiger partial charge in [0.05, 0.1) is 18.5 Å². The molecule has 1 amide bonds. The minimum absolute atomic E-state index is 0.0614. The van der Waals surface area contributed by atoms with Crippen LogP contribution in [0.2, 0.25) is 0 Å².